The number of carbonyl (C=O) groups is 1. The largest absolute Gasteiger partial charge is 0.445 e. The number of hydrogen-bond acceptors (Lipinski definition) is 2. The van der Waals surface area contributed by atoms with Crippen molar-refractivity contribution in [1.82, 2.24) is 0 Å². The third-order valence-corrected chi connectivity index (χ3v) is 1.22. The molecule has 0 aliphatic rings. The molecule has 1 rings (SSSR count). The van der Waals surface area contributed by atoms with Gasteiger partial charge in [0, 0.05) is 0 Å². The summed E-state index contributed by atoms with van der Waals surface area (Å²) in [5.74, 6) is 0. The third-order valence-electron chi connectivity index (χ3n) is 1.22. The summed E-state index contributed by atoms with van der Waals surface area (Å²) in [5, 5.41) is 0. The molecule has 0 aliphatic heterocycles. The Morgan fingerprint density at radius 3 is 2.42 bits per heavy atom. The number of ether oxygens (including phenoxy) is 1. The highest BCUT2D eigenvalue weighted by Gasteiger charge is 1.93. The summed E-state index contributed by atoms with van der Waals surface area (Å²) in [5.41, 5.74) is 5.72. The lowest BCUT2D eigenvalue weighted by molar-refractivity contribution is 0.150. The highest BCUT2D eigenvalue weighted by atomic mass is 28.1. The molecule has 2 N–H and O–H groups in total. The zero-order valence-electron chi connectivity index (χ0n) is 5.99. The summed E-state index contributed by atoms with van der Waals surface area (Å²) in [6.45, 7) is 0.246. The first-order valence-corrected chi connectivity index (χ1v) is 3.25. The summed E-state index contributed by atoms with van der Waals surface area (Å²) < 4.78 is 4.57. The van der Waals surface area contributed by atoms with Crippen molar-refractivity contribution in [1.29, 1.82) is 0 Å². The molecule has 1 amide bonds. The van der Waals surface area contributed by atoms with Crippen LogP contribution < -0.4 is 5.73 Å². The van der Waals surface area contributed by atoms with Crippen LogP contribution in [-0.2, 0) is 11.3 Å². The van der Waals surface area contributed by atoms with E-state index in [4.69, 9.17) is 5.73 Å². The lowest BCUT2D eigenvalue weighted by Crippen LogP contribution is -2.12. The molecule has 4 heteroatoms. The number of primary amides is 1. The normalized spacial score (nSPS) is 8.33. The van der Waals surface area contributed by atoms with E-state index in [0.717, 1.165) is 5.56 Å². The van der Waals surface area contributed by atoms with Gasteiger partial charge in [0.25, 0.3) is 0 Å². The smallest absolute Gasteiger partial charge is 0.404 e. The van der Waals surface area contributed by atoms with Gasteiger partial charge in [-0.3, -0.25) is 0 Å². The summed E-state index contributed by atoms with van der Waals surface area (Å²) in [7, 11) is 0. The maximum absolute atomic E-state index is 10.2. The maximum Gasteiger partial charge on any atom is 0.404 e. The van der Waals surface area contributed by atoms with Crippen molar-refractivity contribution in [2.45, 2.75) is 6.61 Å². The number of rotatable bonds is 2. The first-order chi connectivity index (χ1) is 5.29. The molecule has 0 aromatic heterocycles. The summed E-state index contributed by atoms with van der Waals surface area (Å²) in [6, 6.07) is 9.37. The highest BCUT2D eigenvalue weighted by Crippen LogP contribution is 1.99. The Hall–Kier alpha value is -1.29. The fraction of sp³-hybridized carbons (Fsp3) is 0.125. The Bertz CT molecular complexity index is 238. The van der Waals surface area contributed by atoms with Crippen molar-refractivity contribution in [3.63, 3.8) is 0 Å². The monoisotopic (exact) mass is 183 g/mol. The Morgan fingerprint density at radius 2 is 1.92 bits per heavy atom. The lowest BCUT2D eigenvalue weighted by Gasteiger charge is -1.99. The van der Waals surface area contributed by atoms with Crippen LogP contribution in [0.1, 0.15) is 5.56 Å². The van der Waals surface area contributed by atoms with E-state index in [9.17, 15) is 4.79 Å². The van der Waals surface area contributed by atoms with E-state index in [-0.39, 0.29) is 17.6 Å². The number of carbonyl (C=O) groups excluding carboxylic acids is 1. The van der Waals surface area contributed by atoms with E-state index in [1.54, 1.807) is 0 Å². The summed E-state index contributed by atoms with van der Waals surface area (Å²) in [4.78, 5) is 10.2. The van der Waals surface area contributed by atoms with Gasteiger partial charge in [-0.1, -0.05) is 30.3 Å². The minimum absolute atomic E-state index is 0. The van der Waals surface area contributed by atoms with Gasteiger partial charge in [-0.05, 0) is 16.5 Å². The topological polar surface area (TPSA) is 52.3 Å². The molecule has 0 saturated heterocycles. The Labute approximate surface area is 75.5 Å². The van der Waals surface area contributed by atoms with Crippen LogP contribution in [0.2, 0.25) is 0 Å². The standard InChI is InChI=1S/C8H9NO2.H4Si/c9-8(10)11-6-7-4-2-1-3-5-7;/h1-5H,6H2,(H2,9,10);1H4. The highest BCUT2D eigenvalue weighted by molar-refractivity contribution is 5.75. The molecule has 1 aromatic rings. The number of benzene rings is 1. The Kier molecular flexibility index (Phi) is 4.79. The van der Waals surface area contributed by atoms with Crippen LogP contribution in [0.15, 0.2) is 30.3 Å². The van der Waals surface area contributed by atoms with Crippen molar-refractivity contribution in [3.8, 4) is 0 Å². The molecule has 12 heavy (non-hydrogen) atoms. The molecule has 0 bridgehead atoms. The molecule has 0 heterocycles. The van der Waals surface area contributed by atoms with Gasteiger partial charge in [-0.15, -0.1) is 0 Å². The second-order valence-electron chi connectivity index (χ2n) is 2.09. The van der Waals surface area contributed by atoms with Crippen molar-refractivity contribution < 1.29 is 9.53 Å². The molecule has 0 spiro atoms. The fourth-order valence-corrected chi connectivity index (χ4v) is 0.729. The second kappa shape index (κ2) is 5.37. The van der Waals surface area contributed by atoms with Crippen LogP contribution in [0.3, 0.4) is 0 Å². The Balaban J connectivity index is 0.00000121. The van der Waals surface area contributed by atoms with Crippen molar-refractivity contribution >= 4 is 17.1 Å². The van der Waals surface area contributed by atoms with Gasteiger partial charge in [0.1, 0.15) is 6.61 Å². The van der Waals surface area contributed by atoms with E-state index in [0.29, 0.717) is 0 Å². The minimum atomic E-state index is -0.742. The molecule has 3 nitrogen and oxygen atoms in total. The quantitative estimate of drug-likeness (QED) is 0.647. The molecule has 0 radical (unpaired) electrons. The predicted octanol–water partition coefficient (Wildman–Crippen LogP) is -0.170. The van der Waals surface area contributed by atoms with Crippen LogP contribution in [0, 0.1) is 0 Å². The minimum Gasteiger partial charge on any atom is -0.445 e. The van der Waals surface area contributed by atoms with Crippen LogP contribution in [0.5, 0.6) is 0 Å². The van der Waals surface area contributed by atoms with E-state index in [1.807, 2.05) is 30.3 Å². The van der Waals surface area contributed by atoms with E-state index < -0.39 is 6.09 Å². The van der Waals surface area contributed by atoms with Gasteiger partial charge in [0.15, 0.2) is 0 Å². The fourth-order valence-electron chi connectivity index (χ4n) is 0.729. The zero-order valence-corrected chi connectivity index (χ0v) is 5.99. The zero-order chi connectivity index (χ0) is 8.10. The average Bonchev–Trinajstić information content (AvgIpc) is 2.03. The van der Waals surface area contributed by atoms with Gasteiger partial charge in [-0.25, -0.2) is 4.79 Å². The first-order valence-electron chi connectivity index (χ1n) is 3.25. The van der Waals surface area contributed by atoms with Gasteiger partial charge >= 0.3 is 6.09 Å². The van der Waals surface area contributed by atoms with Crippen LogP contribution in [0.25, 0.3) is 0 Å². The number of hydrogen-bond donors (Lipinski definition) is 1. The lowest BCUT2D eigenvalue weighted by atomic mass is 10.2. The average molecular weight is 183 g/mol. The third kappa shape index (κ3) is 3.77. The molecule has 0 unspecified atom stereocenters. The maximum atomic E-state index is 10.2. The molecular formula is C8H13NO2Si. The number of nitrogens with two attached hydrogens (primary N) is 1. The predicted molar refractivity (Wildman–Crippen MR) is 52.1 cm³/mol. The molecule has 0 fully saturated rings. The van der Waals surface area contributed by atoms with Crippen LogP contribution in [0.4, 0.5) is 4.79 Å². The molecular weight excluding hydrogens is 170 g/mol. The van der Waals surface area contributed by atoms with Crippen molar-refractivity contribution in [2.75, 3.05) is 0 Å². The van der Waals surface area contributed by atoms with Crippen molar-refractivity contribution in [2.24, 2.45) is 5.73 Å². The summed E-state index contributed by atoms with van der Waals surface area (Å²) >= 11 is 0. The van der Waals surface area contributed by atoms with Crippen molar-refractivity contribution in [3.05, 3.63) is 35.9 Å². The molecule has 0 atom stereocenters. The van der Waals surface area contributed by atoms with Gasteiger partial charge in [0.2, 0.25) is 0 Å². The van der Waals surface area contributed by atoms with E-state index in [2.05, 4.69) is 4.74 Å². The Morgan fingerprint density at radius 1 is 1.33 bits per heavy atom. The summed E-state index contributed by atoms with van der Waals surface area (Å²) in [6.07, 6.45) is -0.742. The van der Waals surface area contributed by atoms with E-state index >= 15 is 0 Å². The van der Waals surface area contributed by atoms with Gasteiger partial charge < -0.3 is 10.5 Å². The molecule has 0 saturated carbocycles. The molecule has 66 valence electrons. The van der Waals surface area contributed by atoms with Crippen LogP contribution in [-0.4, -0.2) is 17.1 Å². The first kappa shape index (κ1) is 10.7. The van der Waals surface area contributed by atoms with Crippen LogP contribution >= 0.6 is 0 Å². The molecule has 1 aromatic carbocycles. The second-order valence-corrected chi connectivity index (χ2v) is 2.09. The molecule has 0 aliphatic carbocycles. The van der Waals surface area contributed by atoms with E-state index in [1.165, 1.54) is 0 Å². The SMILES string of the molecule is NC(=O)OCc1ccccc1.[SiH4]. The number of amides is 1. The van der Waals surface area contributed by atoms with Gasteiger partial charge in [0.05, 0.1) is 0 Å². The van der Waals surface area contributed by atoms with Gasteiger partial charge in [-0.2, -0.15) is 0 Å².